The Kier molecular flexibility index (Phi) is 4.88. The van der Waals surface area contributed by atoms with Crippen LogP contribution < -0.4 is 4.74 Å². The average molecular weight is 326 g/mol. The lowest BCUT2D eigenvalue weighted by Gasteiger charge is -2.20. The van der Waals surface area contributed by atoms with Crippen molar-refractivity contribution >= 4 is 22.1 Å². The molecule has 118 valence electrons. The molecule has 2 aromatic carbocycles. The molecule has 23 heavy (non-hydrogen) atoms. The summed E-state index contributed by atoms with van der Waals surface area (Å²) in [5, 5.41) is 8.61. The van der Waals surface area contributed by atoms with E-state index in [1.54, 1.807) is 18.4 Å². The maximum Gasteiger partial charge on any atom is 0.135 e. The fourth-order valence-electron chi connectivity index (χ4n) is 2.53. The predicted octanol–water partition coefficient (Wildman–Crippen LogP) is 5.02. The van der Waals surface area contributed by atoms with E-state index < -0.39 is 0 Å². The van der Waals surface area contributed by atoms with Crippen molar-refractivity contribution in [1.82, 2.24) is 5.01 Å². The summed E-state index contributed by atoms with van der Waals surface area (Å²) >= 11 is 1.66. The van der Waals surface area contributed by atoms with Crippen LogP contribution in [0.3, 0.4) is 0 Å². The zero-order valence-corrected chi connectivity index (χ0v) is 13.7. The second-order valence-corrected chi connectivity index (χ2v) is 6.33. The molecule has 0 fully saturated rings. The van der Waals surface area contributed by atoms with Crippen molar-refractivity contribution in [2.75, 3.05) is 13.6 Å². The lowest BCUT2D eigenvalue weighted by atomic mass is 10.1. The van der Waals surface area contributed by atoms with E-state index >= 15 is 0 Å². The third-order valence-corrected chi connectivity index (χ3v) is 4.70. The Morgan fingerprint density at radius 1 is 1.13 bits per heavy atom. The van der Waals surface area contributed by atoms with E-state index in [9.17, 15) is 4.91 Å². The highest BCUT2D eigenvalue weighted by Gasteiger charge is 2.17. The highest BCUT2D eigenvalue weighted by Crippen LogP contribution is 2.32. The van der Waals surface area contributed by atoms with Gasteiger partial charge in [0.05, 0.1) is 5.29 Å². The highest BCUT2D eigenvalue weighted by molar-refractivity contribution is 7.10. The molecule has 0 bridgehead atoms. The smallest absolute Gasteiger partial charge is 0.135 e. The summed E-state index contributed by atoms with van der Waals surface area (Å²) in [7, 11) is 1.68. The van der Waals surface area contributed by atoms with Crippen LogP contribution in [0.2, 0.25) is 0 Å². The fraction of sp³-hybridized carbons (Fsp3) is 0.222. The molecular weight excluding hydrogens is 308 g/mol. The first-order valence-electron chi connectivity index (χ1n) is 7.50. The summed E-state index contributed by atoms with van der Waals surface area (Å²) in [6.07, 6.45) is 0.608. The van der Waals surface area contributed by atoms with Gasteiger partial charge in [-0.1, -0.05) is 42.5 Å². The Hall–Kier alpha value is -2.40. The van der Waals surface area contributed by atoms with Crippen LogP contribution in [0, 0.1) is 4.91 Å². The summed E-state index contributed by atoms with van der Waals surface area (Å²) in [5.41, 5.74) is 0. The average Bonchev–Trinajstić information content (AvgIpc) is 3.12. The number of nitroso groups, excluding NO2 is 1. The molecule has 0 aliphatic carbocycles. The Morgan fingerprint density at radius 3 is 2.74 bits per heavy atom. The van der Waals surface area contributed by atoms with Gasteiger partial charge in [0.2, 0.25) is 0 Å². The number of hydrogen-bond donors (Lipinski definition) is 0. The van der Waals surface area contributed by atoms with Crippen LogP contribution in [-0.4, -0.2) is 18.6 Å². The van der Waals surface area contributed by atoms with Crippen molar-refractivity contribution in [3.8, 4) is 5.75 Å². The van der Waals surface area contributed by atoms with Gasteiger partial charge in [-0.2, -0.15) is 0 Å². The van der Waals surface area contributed by atoms with Gasteiger partial charge in [-0.05, 0) is 22.9 Å². The molecule has 4 nitrogen and oxygen atoms in total. The molecule has 0 aliphatic heterocycles. The zero-order valence-electron chi connectivity index (χ0n) is 12.9. The zero-order chi connectivity index (χ0) is 16.1. The van der Waals surface area contributed by atoms with Crippen molar-refractivity contribution in [2.45, 2.75) is 12.5 Å². The van der Waals surface area contributed by atoms with Crippen LogP contribution in [0.1, 0.15) is 17.4 Å². The van der Waals surface area contributed by atoms with E-state index in [2.05, 4.69) is 29.6 Å². The minimum atomic E-state index is -0.0926. The quantitative estimate of drug-likeness (QED) is 0.452. The Morgan fingerprint density at radius 2 is 1.96 bits per heavy atom. The monoisotopic (exact) mass is 326 g/mol. The second-order valence-electron chi connectivity index (χ2n) is 5.35. The molecule has 0 amide bonds. The molecular formula is C18H18N2O2S. The SMILES string of the molecule is CN(CC[C@@H](Oc1cccc2ccccc12)c1cccs1)N=O. The number of thiophene rings is 1. The molecule has 0 N–H and O–H groups in total. The molecule has 1 atom stereocenters. The van der Waals surface area contributed by atoms with Crippen molar-refractivity contribution in [3.63, 3.8) is 0 Å². The first-order chi connectivity index (χ1) is 11.3. The van der Waals surface area contributed by atoms with Gasteiger partial charge < -0.3 is 4.74 Å². The summed E-state index contributed by atoms with van der Waals surface area (Å²) < 4.78 is 6.31. The van der Waals surface area contributed by atoms with Crippen molar-refractivity contribution in [3.05, 3.63) is 69.8 Å². The van der Waals surface area contributed by atoms with E-state index in [-0.39, 0.29) is 6.10 Å². The molecule has 1 aromatic heterocycles. The predicted molar refractivity (Wildman–Crippen MR) is 94.7 cm³/mol. The number of rotatable bonds is 7. The normalized spacial score (nSPS) is 12.0. The summed E-state index contributed by atoms with van der Waals surface area (Å²) in [4.78, 5) is 11.7. The van der Waals surface area contributed by atoms with Crippen LogP contribution in [0.5, 0.6) is 5.75 Å². The maximum absolute atomic E-state index is 10.6. The highest BCUT2D eigenvalue weighted by atomic mass is 32.1. The van der Waals surface area contributed by atoms with E-state index in [1.165, 1.54) is 5.01 Å². The van der Waals surface area contributed by atoms with Gasteiger partial charge in [0.25, 0.3) is 0 Å². The standard InChI is InChI=1S/C18H18N2O2S/c1-20(19-21)12-11-17(18-10-5-13-23-18)22-16-9-4-7-14-6-2-3-8-15(14)16/h2-10,13,17H,11-12H2,1H3/t17-/m1/s1. The van der Waals surface area contributed by atoms with E-state index in [0.717, 1.165) is 21.4 Å². The van der Waals surface area contributed by atoms with Gasteiger partial charge in [0.1, 0.15) is 11.9 Å². The van der Waals surface area contributed by atoms with Crippen LogP contribution in [0.25, 0.3) is 10.8 Å². The van der Waals surface area contributed by atoms with Crippen LogP contribution in [0.15, 0.2) is 65.3 Å². The van der Waals surface area contributed by atoms with Crippen LogP contribution >= 0.6 is 11.3 Å². The van der Waals surface area contributed by atoms with Crippen molar-refractivity contribution in [1.29, 1.82) is 0 Å². The number of fused-ring (bicyclic) bond motifs is 1. The minimum absolute atomic E-state index is 0.0926. The van der Waals surface area contributed by atoms with Gasteiger partial charge in [0, 0.05) is 30.3 Å². The second kappa shape index (κ2) is 7.24. The minimum Gasteiger partial charge on any atom is -0.484 e. The van der Waals surface area contributed by atoms with Crippen LogP contribution in [-0.2, 0) is 0 Å². The first-order valence-corrected chi connectivity index (χ1v) is 8.38. The molecule has 0 aliphatic rings. The Balaban J connectivity index is 1.86. The van der Waals surface area contributed by atoms with Gasteiger partial charge >= 0.3 is 0 Å². The topological polar surface area (TPSA) is 41.9 Å². The first kappa shape index (κ1) is 15.5. The van der Waals surface area contributed by atoms with E-state index in [0.29, 0.717) is 13.0 Å². The molecule has 3 rings (SSSR count). The molecule has 5 heteroatoms. The van der Waals surface area contributed by atoms with Gasteiger partial charge in [-0.25, -0.2) is 0 Å². The third kappa shape index (κ3) is 3.68. The number of benzene rings is 2. The number of hydrogen-bond acceptors (Lipinski definition) is 4. The van der Waals surface area contributed by atoms with Gasteiger partial charge in [-0.3, -0.25) is 5.01 Å². The summed E-state index contributed by atoms with van der Waals surface area (Å²) in [5.74, 6) is 0.864. The van der Waals surface area contributed by atoms with Gasteiger partial charge in [0.15, 0.2) is 0 Å². The molecule has 0 saturated carbocycles. The lowest BCUT2D eigenvalue weighted by molar-refractivity contribution is 0.179. The van der Waals surface area contributed by atoms with Crippen molar-refractivity contribution < 1.29 is 4.74 Å². The lowest BCUT2D eigenvalue weighted by Crippen LogP contribution is -2.17. The molecule has 0 unspecified atom stereocenters. The molecule has 0 radical (unpaired) electrons. The molecule has 1 heterocycles. The summed E-state index contributed by atoms with van der Waals surface area (Å²) in [6, 6.07) is 18.3. The number of nitrogens with zero attached hydrogens (tertiary/aromatic N) is 2. The fourth-order valence-corrected chi connectivity index (χ4v) is 3.32. The Labute approximate surface area is 139 Å². The summed E-state index contributed by atoms with van der Waals surface area (Å²) in [6.45, 7) is 0.552. The van der Waals surface area contributed by atoms with Crippen LogP contribution in [0.4, 0.5) is 0 Å². The Bertz CT molecular complexity index is 768. The number of ether oxygens (including phenoxy) is 1. The molecule has 0 saturated heterocycles. The van der Waals surface area contributed by atoms with Crippen molar-refractivity contribution in [2.24, 2.45) is 5.29 Å². The largest absolute Gasteiger partial charge is 0.484 e. The maximum atomic E-state index is 10.6. The molecule has 3 aromatic rings. The van der Waals surface area contributed by atoms with E-state index in [4.69, 9.17) is 4.74 Å². The van der Waals surface area contributed by atoms with E-state index in [1.807, 2.05) is 35.7 Å². The molecule has 0 spiro atoms. The third-order valence-electron chi connectivity index (χ3n) is 3.73. The van der Waals surface area contributed by atoms with Gasteiger partial charge in [-0.15, -0.1) is 16.2 Å².